The lowest BCUT2D eigenvalue weighted by Crippen LogP contribution is -2.24. The Morgan fingerprint density at radius 1 is 0.828 bits per heavy atom. The van der Waals surface area contributed by atoms with Gasteiger partial charge in [0.1, 0.15) is 11.6 Å². The van der Waals surface area contributed by atoms with Crippen LogP contribution in [0.3, 0.4) is 0 Å². The first-order chi connectivity index (χ1) is 13.8. The summed E-state index contributed by atoms with van der Waals surface area (Å²) in [6.45, 7) is 6.65. The van der Waals surface area contributed by atoms with Crippen LogP contribution in [-0.2, 0) is 29.0 Å². The molecular formula is C25H33NO3. The van der Waals surface area contributed by atoms with E-state index in [4.69, 9.17) is 5.11 Å². The lowest BCUT2D eigenvalue weighted by Gasteiger charge is -2.21. The lowest BCUT2D eigenvalue weighted by atomic mass is 9.96. The highest BCUT2D eigenvalue weighted by Crippen LogP contribution is 2.18. The zero-order valence-electron chi connectivity index (χ0n) is 18.0. The summed E-state index contributed by atoms with van der Waals surface area (Å²) in [6.07, 6.45) is 1.69. The lowest BCUT2D eigenvalue weighted by molar-refractivity contribution is -0.122. The van der Waals surface area contributed by atoms with Crippen LogP contribution in [0.15, 0.2) is 48.5 Å². The largest absolute Gasteiger partial charge is 0.392 e. The molecule has 0 spiro atoms. The minimum Gasteiger partial charge on any atom is -0.392 e. The molecule has 0 aromatic heterocycles. The third kappa shape index (κ3) is 7.13. The Morgan fingerprint density at radius 3 is 1.83 bits per heavy atom. The molecule has 1 N–H and O–H groups in total. The third-order valence-electron chi connectivity index (χ3n) is 5.43. The van der Waals surface area contributed by atoms with Gasteiger partial charge in [-0.3, -0.25) is 9.59 Å². The second-order valence-electron chi connectivity index (χ2n) is 8.19. The van der Waals surface area contributed by atoms with E-state index < -0.39 is 0 Å². The summed E-state index contributed by atoms with van der Waals surface area (Å²) in [5.41, 5.74) is 3.97. The average Bonchev–Trinajstić information content (AvgIpc) is 2.72. The van der Waals surface area contributed by atoms with E-state index >= 15 is 0 Å². The Bertz CT molecular complexity index is 794. The summed E-state index contributed by atoms with van der Waals surface area (Å²) in [6, 6.07) is 15.6. The molecule has 0 saturated heterocycles. The average molecular weight is 396 g/mol. The molecule has 0 fully saturated rings. The Labute approximate surface area is 174 Å². The van der Waals surface area contributed by atoms with E-state index in [2.05, 4.69) is 4.90 Å². The highest BCUT2D eigenvalue weighted by Gasteiger charge is 2.15. The van der Waals surface area contributed by atoms with Gasteiger partial charge in [0, 0.05) is 44.0 Å². The van der Waals surface area contributed by atoms with Crippen LogP contribution >= 0.6 is 0 Å². The molecule has 0 radical (unpaired) electrons. The maximum Gasteiger partial charge on any atom is 0.140 e. The molecule has 1 unspecified atom stereocenters. The number of aliphatic hydroxyl groups is 1. The van der Waals surface area contributed by atoms with Crippen LogP contribution in [0, 0.1) is 11.8 Å². The van der Waals surface area contributed by atoms with E-state index in [0.29, 0.717) is 12.8 Å². The molecule has 0 aliphatic heterocycles. The van der Waals surface area contributed by atoms with Crippen molar-refractivity contribution < 1.29 is 14.7 Å². The summed E-state index contributed by atoms with van der Waals surface area (Å²) in [7, 11) is 2.03. The molecule has 2 aromatic rings. The molecule has 1 atom stereocenters. The summed E-state index contributed by atoms with van der Waals surface area (Å²) < 4.78 is 0. The number of benzene rings is 2. The summed E-state index contributed by atoms with van der Waals surface area (Å²) in [5, 5.41) is 9.10. The highest BCUT2D eigenvalue weighted by atomic mass is 16.3. The van der Waals surface area contributed by atoms with Gasteiger partial charge in [-0.05, 0) is 35.2 Å². The van der Waals surface area contributed by atoms with Gasteiger partial charge in [-0.25, -0.2) is 0 Å². The van der Waals surface area contributed by atoms with E-state index in [0.717, 1.165) is 35.3 Å². The van der Waals surface area contributed by atoms with Crippen molar-refractivity contribution in [3.63, 3.8) is 0 Å². The molecule has 29 heavy (non-hydrogen) atoms. The molecule has 0 heterocycles. The van der Waals surface area contributed by atoms with E-state index in [1.54, 1.807) is 0 Å². The summed E-state index contributed by atoms with van der Waals surface area (Å²) in [5.74, 6) is 0.532. The van der Waals surface area contributed by atoms with Crippen molar-refractivity contribution in [2.75, 3.05) is 18.5 Å². The molecule has 156 valence electrons. The number of carbonyl (C=O) groups is 2. The van der Waals surface area contributed by atoms with Gasteiger partial charge in [0.15, 0.2) is 0 Å². The minimum absolute atomic E-state index is 0.0158. The first-order valence-corrected chi connectivity index (χ1v) is 10.3. The van der Waals surface area contributed by atoms with Crippen LogP contribution in [0.5, 0.6) is 0 Å². The van der Waals surface area contributed by atoms with Crippen LogP contribution in [0.2, 0.25) is 0 Å². The Kier molecular flexibility index (Phi) is 8.59. The second kappa shape index (κ2) is 10.9. The molecular weight excluding hydrogens is 362 g/mol. The van der Waals surface area contributed by atoms with Gasteiger partial charge in [-0.1, -0.05) is 57.2 Å². The fourth-order valence-corrected chi connectivity index (χ4v) is 3.09. The quantitative estimate of drug-likeness (QED) is 0.619. The number of rotatable bonds is 11. The van der Waals surface area contributed by atoms with E-state index in [1.165, 1.54) is 0 Å². The van der Waals surface area contributed by atoms with Crippen LogP contribution in [0.4, 0.5) is 5.69 Å². The fourth-order valence-electron chi connectivity index (χ4n) is 3.09. The Morgan fingerprint density at radius 2 is 1.31 bits per heavy atom. The summed E-state index contributed by atoms with van der Waals surface area (Å²) >= 11 is 0. The predicted octanol–water partition coefficient (Wildman–Crippen LogP) is 4.22. The van der Waals surface area contributed by atoms with Gasteiger partial charge in [0.25, 0.3) is 0 Å². The van der Waals surface area contributed by atoms with Crippen LogP contribution < -0.4 is 4.90 Å². The molecule has 0 aliphatic carbocycles. The zero-order chi connectivity index (χ0) is 21.4. The maximum atomic E-state index is 12.5. The van der Waals surface area contributed by atoms with Crippen molar-refractivity contribution in [3.05, 3.63) is 65.2 Å². The molecule has 4 heteroatoms. The fraction of sp³-hybridized carbons (Fsp3) is 0.440. The number of nitrogens with zero attached hydrogens (tertiary/aromatic N) is 1. The molecule has 0 bridgehead atoms. The molecule has 0 amide bonds. The zero-order valence-corrected chi connectivity index (χ0v) is 18.0. The number of Topliss-reactive ketones (excluding diaryl/α,β-unsaturated/α-hetero) is 2. The molecule has 2 aromatic carbocycles. The Hall–Kier alpha value is -2.46. The number of carbonyl (C=O) groups excluding carboxylic acids is 2. The van der Waals surface area contributed by atoms with Gasteiger partial charge >= 0.3 is 0 Å². The van der Waals surface area contributed by atoms with Crippen molar-refractivity contribution in [1.29, 1.82) is 0 Å². The van der Waals surface area contributed by atoms with E-state index in [1.807, 2.05) is 76.3 Å². The van der Waals surface area contributed by atoms with Gasteiger partial charge in [0.05, 0.1) is 6.61 Å². The number of hydrogen-bond acceptors (Lipinski definition) is 4. The Balaban J connectivity index is 1.83. The standard InChI is InChI=1S/C25H33NO3/c1-18(2)24(28)15-21-9-11-23(12-10-21)26(4)14-13-19(3)25(29)16-20-5-7-22(17-27)8-6-20/h5-12,18-19,27H,13-17H2,1-4H3. The van der Waals surface area contributed by atoms with Gasteiger partial charge in [0.2, 0.25) is 0 Å². The van der Waals surface area contributed by atoms with Crippen molar-refractivity contribution in [1.82, 2.24) is 0 Å². The van der Waals surface area contributed by atoms with Crippen LogP contribution in [0.25, 0.3) is 0 Å². The van der Waals surface area contributed by atoms with Crippen molar-refractivity contribution in [2.45, 2.75) is 46.6 Å². The topological polar surface area (TPSA) is 57.6 Å². The van der Waals surface area contributed by atoms with Crippen molar-refractivity contribution in [3.8, 4) is 0 Å². The molecule has 2 rings (SSSR count). The van der Waals surface area contributed by atoms with Gasteiger partial charge in [-0.15, -0.1) is 0 Å². The summed E-state index contributed by atoms with van der Waals surface area (Å²) in [4.78, 5) is 26.5. The highest BCUT2D eigenvalue weighted by molar-refractivity contribution is 5.83. The predicted molar refractivity (Wildman–Crippen MR) is 118 cm³/mol. The van der Waals surface area contributed by atoms with E-state index in [9.17, 15) is 9.59 Å². The first-order valence-electron chi connectivity index (χ1n) is 10.3. The monoisotopic (exact) mass is 395 g/mol. The van der Waals surface area contributed by atoms with Gasteiger partial charge in [-0.2, -0.15) is 0 Å². The van der Waals surface area contributed by atoms with Crippen LogP contribution in [0.1, 0.15) is 43.9 Å². The van der Waals surface area contributed by atoms with Gasteiger partial charge < -0.3 is 10.0 Å². The number of hydrogen-bond donors (Lipinski definition) is 1. The number of aliphatic hydroxyl groups excluding tert-OH is 1. The first kappa shape index (κ1) is 22.8. The SMILES string of the molecule is CC(C)C(=O)Cc1ccc(N(C)CCC(C)C(=O)Cc2ccc(CO)cc2)cc1. The van der Waals surface area contributed by atoms with Crippen molar-refractivity contribution >= 4 is 17.3 Å². The second-order valence-corrected chi connectivity index (χ2v) is 8.19. The molecule has 0 saturated carbocycles. The molecule has 4 nitrogen and oxygen atoms in total. The van der Waals surface area contributed by atoms with Crippen LogP contribution in [-0.4, -0.2) is 30.3 Å². The third-order valence-corrected chi connectivity index (χ3v) is 5.43. The smallest absolute Gasteiger partial charge is 0.140 e. The van der Waals surface area contributed by atoms with E-state index in [-0.39, 0.29) is 30.0 Å². The van der Waals surface area contributed by atoms with Crippen molar-refractivity contribution in [2.24, 2.45) is 11.8 Å². The number of ketones is 2. The molecule has 0 aliphatic rings. The number of anilines is 1. The minimum atomic E-state index is -0.0158. The normalized spacial score (nSPS) is 12.1. The maximum absolute atomic E-state index is 12.5.